The third kappa shape index (κ3) is 3.53. The van der Waals surface area contributed by atoms with Gasteiger partial charge in [-0.25, -0.2) is 0 Å². The molecule has 0 amide bonds. The summed E-state index contributed by atoms with van der Waals surface area (Å²) in [5.74, 6) is 0. The van der Waals surface area contributed by atoms with Crippen LogP contribution in [0.3, 0.4) is 0 Å². The first kappa shape index (κ1) is 11.4. The first-order valence-electron chi connectivity index (χ1n) is 2.63. The van der Waals surface area contributed by atoms with Gasteiger partial charge < -0.3 is 0 Å². The quantitative estimate of drug-likeness (QED) is 0.513. The first-order valence-corrected chi connectivity index (χ1v) is 4.07. The molecule has 0 saturated heterocycles. The van der Waals surface area contributed by atoms with E-state index >= 15 is 0 Å². The molecule has 0 fully saturated rings. The van der Waals surface area contributed by atoms with E-state index in [4.69, 9.17) is 4.55 Å². The van der Waals surface area contributed by atoms with Crippen molar-refractivity contribution in [2.75, 3.05) is 0 Å². The molecule has 0 bridgehead atoms. The van der Waals surface area contributed by atoms with Gasteiger partial charge in [-0.2, -0.15) is 8.42 Å². The zero-order valence-electron chi connectivity index (χ0n) is 5.06. The van der Waals surface area contributed by atoms with Crippen molar-refractivity contribution in [2.24, 2.45) is 0 Å². The van der Waals surface area contributed by atoms with Gasteiger partial charge in [0.25, 0.3) is 10.1 Å². The van der Waals surface area contributed by atoms with Crippen LogP contribution in [0.2, 0.25) is 0 Å². The van der Waals surface area contributed by atoms with Gasteiger partial charge in [-0.3, -0.25) is 4.55 Å². The van der Waals surface area contributed by atoms with Crippen molar-refractivity contribution < 1.29 is 13.0 Å². The molecule has 0 spiro atoms. The van der Waals surface area contributed by atoms with Gasteiger partial charge in [0, 0.05) is 0 Å². The maximum absolute atomic E-state index is 10.4. The van der Waals surface area contributed by atoms with Crippen molar-refractivity contribution in [1.29, 1.82) is 0 Å². The molecule has 0 aliphatic carbocycles. The molecule has 0 radical (unpaired) electrons. The molecule has 0 unspecified atom stereocenters. The van der Waals surface area contributed by atoms with E-state index in [0.29, 0.717) is 0 Å². The monoisotopic (exact) mass is 200 g/mol. The van der Waals surface area contributed by atoms with Crippen LogP contribution in [0.1, 0.15) is 0 Å². The van der Waals surface area contributed by atoms with E-state index in [1.165, 1.54) is 12.1 Å². The zero-order valence-corrected chi connectivity index (χ0v) is 5.88. The summed E-state index contributed by atoms with van der Waals surface area (Å²) in [5.41, 5.74) is 0. The summed E-state index contributed by atoms with van der Waals surface area (Å²) < 4.78 is 29.2. The Morgan fingerprint density at radius 2 is 1.55 bits per heavy atom. The Kier molecular flexibility index (Phi) is 4.58. The second-order valence-corrected chi connectivity index (χ2v) is 3.21. The van der Waals surface area contributed by atoms with Crippen molar-refractivity contribution in [3.05, 3.63) is 30.3 Å². The van der Waals surface area contributed by atoms with E-state index in [9.17, 15) is 8.42 Å². The van der Waals surface area contributed by atoms with Gasteiger partial charge in [-0.1, -0.05) is 18.2 Å². The fourth-order valence-corrected chi connectivity index (χ4v) is 1.09. The summed E-state index contributed by atoms with van der Waals surface area (Å²) in [5, 5.41) is 0. The minimum absolute atomic E-state index is 0. The fraction of sp³-hybridized carbons (Fsp3) is 0. The third-order valence-electron chi connectivity index (χ3n) is 1.04. The molecule has 0 aromatic heterocycles. The van der Waals surface area contributed by atoms with Crippen LogP contribution < -0.4 is 0 Å². The minimum atomic E-state index is -4.00. The second-order valence-electron chi connectivity index (χ2n) is 1.79. The van der Waals surface area contributed by atoms with E-state index < -0.39 is 10.1 Å². The van der Waals surface area contributed by atoms with Gasteiger partial charge in [-0.05, 0) is 12.1 Å². The Labute approximate surface area is 95.2 Å². The molecule has 1 rings (SSSR count). The number of rotatable bonds is 1. The molecule has 1 aromatic carbocycles. The van der Waals surface area contributed by atoms with Gasteiger partial charge in [0.15, 0.2) is 0 Å². The van der Waals surface area contributed by atoms with Crippen LogP contribution in [0.25, 0.3) is 0 Å². The van der Waals surface area contributed by atoms with E-state index in [2.05, 4.69) is 0 Å². The van der Waals surface area contributed by atoms with E-state index in [0.717, 1.165) is 0 Å². The Morgan fingerprint density at radius 1 is 1.09 bits per heavy atom. The molecule has 0 saturated carbocycles. The molecule has 11 heavy (non-hydrogen) atoms. The van der Waals surface area contributed by atoms with E-state index in [1.54, 1.807) is 18.2 Å². The van der Waals surface area contributed by atoms with Crippen molar-refractivity contribution in [3.63, 3.8) is 0 Å². The maximum atomic E-state index is 10.4. The van der Waals surface area contributed by atoms with Crippen LogP contribution in [0.4, 0.5) is 0 Å². The summed E-state index contributed by atoms with van der Waals surface area (Å²) in [4.78, 5) is -0.0741. The van der Waals surface area contributed by atoms with Gasteiger partial charge in [0.2, 0.25) is 0 Å². The van der Waals surface area contributed by atoms with Crippen LogP contribution >= 0.6 is 0 Å². The molecule has 0 aliphatic rings. The topological polar surface area (TPSA) is 54.4 Å². The molecule has 3 nitrogen and oxygen atoms in total. The predicted octanol–water partition coefficient (Wildman–Crippen LogP) is 0.0171. The van der Waals surface area contributed by atoms with Gasteiger partial charge in [-0.15, -0.1) is 0 Å². The molecule has 1 aromatic rings. The van der Waals surface area contributed by atoms with Crippen molar-refractivity contribution in [3.8, 4) is 0 Å². The summed E-state index contributed by atoms with van der Waals surface area (Å²) >= 11 is 0. The van der Waals surface area contributed by atoms with Crippen LogP contribution in [0, 0.1) is 0 Å². The van der Waals surface area contributed by atoms with Crippen LogP contribution in [0.15, 0.2) is 35.2 Å². The predicted molar refractivity (Wildman–Crippen MR) is 44.8 cm³/mol. The molecule has 0 atom stereocenters. The average molecular weight is 200 g/mol. The summed E-state index contributed by atoms with van der Waals surface area (Å²) in [6.07, 6.45) is 0. The van der Waals surface area contributed by atoms with Crippen molar-refractivity contribution in [2.45, 2.75) is 4.90 Å². The van der Waals surface area contributed by atoms with Crippen molar-refractivity contribution >= 4 is 47.9 Å². The Bertz CT molecular complexity index is 306. The summed E-state index contributed by atoms with van der Waals surface area (Å²) in [7, 11) is -4.00. The van der Waals surface area contributed by atoms with E-state index in [-0.39, 0.29) is 42.6 Å². The summed E-state index contributed by atoms with van der Waals surface area (Å²) in [6.45, 7) is 0. The molecule has 58 valence electrons. The zero-order chi connectivity index (χ0) is 7.61. The molecule has 0 aliphatic heterocycles. The van der Waals surface area contributed by atoms with Gasteiger partial charge in [0.1, 0.15) is 0 Å². The third-order valence-corrected chi connectivity index (χ3v) is 1.91. The van der Waals surface area contributed by atoms with Crippen LogP contribution in [-0.2, 0) is 10.1 Å². The SMILES string of the molecule is O=S(=O)(O)c1ccccc1.[CaH2]. The first-order chi connectivity index (χ1) is 4.61. The molecule has 5 heteroatoms. The average Bonchev–Trinajstić information content (AvgIpc) is 1.88. The van der Waals surface area contributed by atoms with Gasteiger partial charge >= 0.3 is 37.7 Å². The molecular formula is C6H8CaO3S. The number of hydrogen-bond donors (Lipinski definition) is 1. The molecular weight excluding hydrogens is 192 g/mol. The second kappa shape index (κ2) is 4.42. The fourth-order valence-electron chi connectivity index (χ4n) is 0.592. The number of benzene rings is 1. The molecule has 1 N–H and O–H groups in total. The van der Waals surface area contributed by atoms with Crippen molar-refractivity contribution in [1.82, 2.24) is 0 Å². The van der Waals surface area contributed by atoms with Crippen LogP contribution in [-0.4, -0.2) is 50.7 Å². The summed E-state index contributed by atoms with van der Waals surface area (Å²) in [6, 6.07) is 7.42. The van der Waals surface area contributed by atoms with Crippen LogP contribution in [0.5, 0.6) is 0 Å². The molecule has 0 heterocycles. The Balaban J connectivity index is 0.000001000. The Hall–Kier alpha value is 0.390. The normalized spacial score (nSPS) is 10.3. The standard InChI is InChI=1S/C6H6O3S.Ca.2H/c7-10(8,9)6-4-2-1-3-5-6;;;/h1-5H,(H,7,8,9);;;. The number of hydrogen-bond acceptors (Lipinski definition) is 2. The van der Waals surface area contributed by atoms with Gasteiger partial charge in [0.05, 0.1) is 4.90 Å². The van der Waals surface area contributed by atoms with E-state index in [1.807, 2.05) is 0 Å². The Morgan fingerprint density at radius 3 is 1.82 bits per heavy atom.